The Morgan fingerprint density at radius 2 is 2.32 bits per heavy atom. The molecule has 1 saturated carbocycles. The van der Waals surface area contributed by atoms with Gasteiger partial charge in [-0.3, -0.25) is 4.79 Å². The van der Waals surface area contributed by atoms with E-state index in [2.05, 4.69) is 20.2 Å². The number of carbonyl (C=O) groups is 1. The van der Waals surface area contributed by atoms with Crippen molar-refractivity contribution in [1.82, 2.24) is 20.2 Å². The molecule has 0 bridgehead atoms. The molecule has 5 heteroatoms. The molecule has 1 aromatic heterocycles. The third-order valence-corrected chi connectivity index (χ3v) is 4.33. The Morgan fingerprint density at radius 3 is 3.05 bits per heavy atom. The number of nitrogens with zero attached hydrogens (tertiary/aromatic N) is 2. The van der Waals surface area contributed by atoms with Crippen LogP contribution in [0.2, 0.25) is 0 Å². The molecular formula is C14H22N4O. The second kappa shape index (κ2) is 5.74. The molecule has 19 heavy (non-hydrogen) atoms. The van der Waals surface area contributed by atoms with Gasteiger partial charge in [-0.25, -0.2) is 4.98 Å². The average molecular weight is 262 g/mol. The maximum Gasteiger partial charge on any atom is 0.221 e. The van der Waals surface area contributed by atoms with E-state index in [1.165, 1.54) is 12.8 Å². The zero-order valence-corrected chi connectivity index (χ0v) is 11.2. The van der Waals surface area contributed by atoms with E-state index in [0.29, 0.717) is 18.5 Å². The van der Waals surface area contributed by atoms with E-state index >= 15 is 0 Å². The first-order valence-corrected chi connectivity index (χ1v) is 7.33. The van der Waals surface area contributed by atoms with Gasteiger partial charge in [-0.2, -0.15) is 0 Å². The van der Waals surface area contributed by atoms with Gasteiger partial charge in [0.15, 0.2) is 0 Å². The molecule has 3 atom stereocenters. The summed E-state index contributed by atoms with van der Waals surface area (Å²) in [6.45, 7) is 1.05. The lowest BCUT2D eigenvalue weighted by Crippen LogP contribution is -2.40. The van der Waals surface area contributed by atoms with Crippen LogP contribution in [-0.4, -0.2) is 34.1 Å². The monoisotopic (exact) mass is 262 g/mol. The molecule has 104 valence electrons. The first-order valence-electron chi connectivity index (χ1n) is 7.33. The van der Waals surface area contributed by atoms with E-state index in [-0.39, 0.29) is 11.9 Å². The third-order valence-electron chi connectivity index (χ3n) is 4.33. The summed E-state index contributed by atoms with van der Waals surface area (Å²) in [5.41, 5.74) is 0. The molecular weight excluding hydrogens is 240 g/mol. The van der Waals surface area contributed by atoms with Crippen LogP contribution in [0, 0.1) is 0 Å². The number of imidazole rings is 1. The van der Waals surface area contributed by atoms with E-state index in [1.807, 2.05) is 12.5 Å². The number of amides is 1. The molecule has 5 nitrogen and oxygen atoms in total. The van der Waals surface area contributed by atoms with Crippen molar-refractivity contribution in [2.45, 2.75) is 56.7 Å². The molecule has 0 spiro atoms. The van der Waals surface area contributed by atoms with Gasteiger partial charge in [0.1, 0.15) is 0 Å². The van der Waals surface area contributed by atoms with Gasteiger partial charge >= 0.3 is 0 Å². The predicted molar refractivity (Wildman–Crippen MR) is 72.7 cm³/mol. The lowest BCUT2D eigenvalue weighted by Gasteiger charge is -2.23. The van der Waals surface area contributed by atoms with Gasteiger partial charge in [0, 0.05) is 30.9 Å². The topological polar surface area (TPSA) is 59.0 Å². The van der Waals surface area contributed by atoms with Crippen LogP contribution in [0.5, 0.6) is 0 Å². The molecule has 0 aromatic carbocycles. The molecule has 1 amide bonds. The van der Waals surface area contributed by atoms with Crippen LogP contribution in [-0.2, 0) is 4.79 Å². The van der Waals surface area contributed by atoms with Crippen molar-refractivity contribution in [3.8, 4) is 0 Å². The largest absolute Gasteiger partial charge is 0.351 e. The summed E-state index contributed by atoms with van der Waals surface area (Å²) in [6.07, 6.45) is 12.0. The van der Waals surface area contributed by atoms with Gasteiger partial charge in [0.2, 0.25) is 5.91 Å². The van der Waals surface area contributed by atoms with Crippen molar-refractivity contribution < 1.29 is 4.79 Å². The smallest absolute Gasteiger partial charge is 0.221 e. The summed E-state index contributed by atoms with van der Waals surface area (Å²) >= 11 is 0. The normalized spacial score (nSPS) is 30.6. The van der Waals surface area contributed by atoms with E-state index in [0.717, 1.165) is 25.8 Å². The second-order valence-corrected chi connectivity index (χ2v) is 5.68. The number of hydrogen-bond acceptors (Lipinski definition) is 3. The van der Waals surface area contributed by atoms with Crippen molar-refractivity contribution >= 4 is 5.91 Å². The molecule has 2 fully saturated rings. The zero-order chi connectivity index (χ0) is 13.1. The number of rotatable bonds is 4. The van der Waals surface area contributed by atoms with E-state index in [1.54, 1.807) is 6.20 Å². The Hall–Kier alpha value is -1.36. The Morgan fingerprint density at radius 1 is 1.37 bits per heavy atom. The number of nitrogens with one attached hydrogen (secondary N) is 2. The molecule has 1 aromatic rings. The fourth-order valence-electron chi connectivity index (χ4n) is 3.35. The SMILES string of the molecule is O=C(CC1CCCN1)NC1CCCC1n1ccnc1. The lowest BCUT2D eigenvalue weighted by atomic mass is 10.1. The molecule has 1 saturated heterocycles. The Labute approximate surface area is 113 Å². The number of carbonyl (C=O) groups excluding carboxylic acids is 1. The summed E-state index contributed by atoms with van der Waals surface area (Å²) in [5, 5.41) is 6.59. The average Bonchev–Trinajstić information content (AvgIpc) is 3.09. The highest BCUT2D eigenvalue weighted by Crippen LogP contribution is 2.30. The van der Waals surface area contributed by atoms with Gasteiger partial charge in [-0.15, -0.1) is 0 Å². The van der Waals surface area contributed by atoms with Gasteiger partial charge in [0.05, 0.1) is 12.4 Å². The summed E-state index contributed by atoms with van der Waals surface area (Å²) in [5.74, 6) is 0.191. The van der Waals surface area contributed by atoms with Crippen molar-refractivity contribution in [3.63, 3.8) is 0 Å². The van der Waals surface area contributed by atoms with E-state index in [9.17, 15) is 4.79 Å². The Kier molecular flexibility index (Phi) is 3.82. The van der Waals surface area contributed by atoms with Crippen LogP contribution in [0.4, 0.5) is 0 Å². The summed E-state index contributed by atoms with van der Waals surface area (Å²) in [6, 6.07) is 1.03. The first kappa shape index (κ1) is 12.7. The number of hydrogen-bond donors (Lipinski definition) is 2. The van der Waals surface area contributed by atoms with Crippen molar-refractivity contribution in [2.75, 3.05) is 6.54 Å². The molecule has 2 heterocycles. The van der Waals surface area contributed by atoms with E-state index < -0.39 is 0 Å². The molecule has 2 aliphatic rings. The highest BCUT2D eigenvalue weighted by molar-refractivity contribution is 5.77. The summed E-state index contributed by atoms with van der Waals surface area (Å²) < 4.78 is 2.13. The first-order chi connectivity index (χ1) is 9.33. The molecule has 1 aliphatic heterocycles. The number of aromatic nitrogens is 2. The van der Waals surface area contributed by atoms with Crippen molar-refractivity contribution in [3.05, 3.63) is 18.7 Å². The Balaban J connectivity index is 1.54. The van der Waals surface area contributed by atoms with Gasteiger partial charge < -0.3 is 15.2 Å². The minimum Gasteiger partial charge on any atom is -0.351 e. The maximum atomic E-state index is 12.1. The molecule has 3 rings (SSSR count). The Bertz CT molecular complexity index is 411. The quantitative estimate of drug-likeness (QED) is 0.858. The van der Waals surface area contributed by atoms with Crippen LogP contribution in [0.1, 0.15) is 44.6 Å². The fraction of sp³-hybridized carbons (Fsp3) is 0.714. The molecule has 3 unspecified atom stereocenters. The fourth-order valence-corrected chi connectivity index (χ4v) is 3.35. The van der Waals surface area contributed by atoms with Gasteiger partial charge in [-0.1, -0.05) is 0 Å². The van der Waals surface area contributed by atoms with Crippen LogP contribution in [0.15, 0.2) is 18.7 Å². The minimum absolute atomic E-state index is 0.191. The standard InChI is InChI=1S/C14H22N4O/c19-14(9-11-3-2-6-16-11)17-12-4-1-5-13(12)18-8-7-15-10-18/h7-8,10-13,16H,1-6,9H2,(H,17,19). The van der Waals surface area contributed by atoms with Crippen LogP contribution in [0.25, 0.3) is 0 Å². The minimum atomic E-state index is 0.191. The molecule has 1 aliphatic carbocycles. The van der Waals surface area contributed by atoms with Gasteiger partial charge in [-0.05, 0) is 38.6 Å². The molecule has 2 N–H and O–H groups in total. The van der Waals surface area contributed by atoms with Crippen LogP contribution in [0.3, 0.4) is 0 Å². The third kappa shape index (κ3) is 2.97. The molecule has 0 radical (unpaired) electrons. The zero-order valence-electron chi connectivity index (χ0n) is 11.2. The van der Waals surface area contributed by atoms with Crippen molar-refractivity contribution in [2.24, 2.45) is 0 Å². The van der Waals surface area contributed by atoms with Gasteiger partial charge in [0.25, 0.3) is 0 Å². The van der Waals surface area contributed by atoms with Crippen LogP contribution < -0.4 is 10.6 Å². The lowest BCUT2D eigenvalue weighted by molar-refractivity contribution is -0.122. The summed E-state index contributed by atoms with van der Waals surface area (Å²) in [7, 11) is 0. The van der Waals surface area contributed by atoms with Crippen molar-refractivity contribution in [1.29, 1.82) is 0 Å². The predicted octanol–water partition coefficient (Wildman–Crippen LogP) is 1.23. The maximum absolute atomic E-state index is 12.1. The summed E-state index contributed by atoms with van der Waals surface area (Å²) in [4.78, 5) is 16.2. The highest BCUT2D eigenvalue weighted by Gasteiger charge is 2.30. The van der Waals surface area contributed by atoms with Crippen LogP contribution >= 0.6 is 0 Å². The van der Waals surface area contributed by atoms with E-state index in [4.69, 9.17) is 0 Å². The second-order valence-electron chi connectivity index (χ2n) is 5.68. The highest BCUT2D eigenvalue weighted by atomic mass is 16.1.